The van der Waals surface area contributed by atoms with Crippen LogP contribution in [0.5, 0.6) is 17.4 Å². The van der Waals surface area contributed by atoms with Gasteiger partial charge in [0.2, 0.25) is 5.88 Å². The van der Waals surface area contributed by atoms with Gasteiger partial charge in [0.15, 0.2) is 23.4 Å². The molecule has 6 nitrogen and oxygen atoms in total. The van der Waals surface area contributed by atoms with E-state index >= 15 is 0 Å². The Morgan fingerprint density at radius 3 is 2.86 bits per heavy atom. The Kier molecular flexibility index (Phi) is 3.51. The molecule has 0 saturated carbocycles. The summed E-state index contributed by atoms with van der Waals surface area (Å²) in [6.07, 6.45) is 0.696. The van der Waals surface area contributed by atoms with Gasteiger partial charge in [0.25, 0.3) is 5.56 Å². The number of rotatable bonds is 3. The van der Waals surface area contributed by atoms with Gasteiger partial charge in [-0.15, -0.1) is 0 Å². The molecule has 1 aliphatic rings. The lowest BCUT2D eigenvalue weighted by atomic mass is 10.2. The number of hydrogen-bond donors (Lipinski definition) is 2. The molecule has 6 heteroatoms. The number of aromatic hydroxyl groups is 1. The largest absolute Gasteiger partial charge is 0.493 e. The zero-order valence-corrected chi connectivity index (χ0v) is 11.6. The molecule has 0 spiro atoms. The maximum Gasteiger partial charge on any atom is 0.258 e. The molecular weight excluding hydrogens is 272 g/mol. The van der Waals surface area contributed by atoms with Gasteiger partial charge in [0.1, 0.15) is 6.61 Å². The minimum atomic E-state index is -0.547. The van der Waals surface area contributed by atoms with E-state index in [1.807, 2.05) is 25.1 Å². The van der Waals surface area contributed by atoms with Gasteiger partial charge in [0, 0.05) is 0 Å². The van der Waals surface area contributed by atoms with E-state index < -0.39 is 6.10 Å². The zero-order valence-electron chi connectivity index (χ0n) is 11.6. The van der Waals surface area contributed by atoms with E-state index in [0.717, 1.165) is 6.42 Å². The average Bonchev–Trinajstić information content (AvgIpc) is 2.50. The molecule has 2 heterocycles. The Morgan fingerprint density at radius 2 is 2.14 bits per heavy atom. The molecule has 2 N–H and O–H groups in total. The van der Waals surface area contributed by atoms with Gasteiger partial charge in [-0.1, -0.05) is 25.5 Å². The summed E-state index contributed by atoms with van der Waals surface area (Å²) in [7, 11) is 0. The molecule has 1 unspecified atom stereocenters. The topological polar surface area (TPSA) is 84.4 Å². The fourth-order valence-corrected chi connectivity index (χ4v) is 2.28. The normalized spacial score (nSPS) is 16.7. The van der Waals surface area contributed by atoms with Crippen LogP contribution in [-0.4, -0.2) is 21.7 Å². The number of benzene rings is 1. The molecule has 2 aromatic rings. The first-order chi connectivity index (χ1) is 10.2. The summed E-state index contributed by atoms with van der Waals surface area (Å²) in [6.45, 7) is 2.16. The third-order valence-corrected chi connectivity index (χ3v) is 3.33. The van der Waals surface area contributed by atoms with E-state index in [2.05, 4.69) is 9.97 Å². The van der Waals surface area contributed by atoms with Crippen molar-refractivity contribution in [1.29, 1.82) is 0 Å². The number of aromatic nitrogens is 2. The number of aromatic amines is 1. The smallest absolute Gasteiger partial charge is 0.258 e. The van der Waals surface area contributed by atoms with Crippen LogP contribution in [0.1, 0.15) is 30.8 Å². The zero-order chi connectivity index (χ0) is 14.8. The predicted octanol–water partition coefficient (Wildman–Crippen LogP) is 1.94. The van der Waals surface area contributed by atoms with Crippen LogP contribution in [-0.2, 0) is 6.42 Å². The maximum atomic E-state index is 12.0. The first-order valence-electron chi connectivity index (χ1n) is 6.89. The van der Waals surface area contributed by atoms with Gasteiger partial charge in [-0.3, -0.25) is 4.79 Å². The summed E-state index contributed by atoms with van der Waals surface area (Å²) in [6, 6.07) is 7.28. The molecular formula is C15H16N2O4. The Labute approximate surface area is 121 Å². The highest BCUT2D eigenvalue weighted by molar-refractivity contribution is 5.41. The lowest BCUT2D eigenvalue weighted by Crippen LogP contribution is -2.27. The monoisotopic (exact) mass is 288 g/mol. The molecule has 0 amide bonds. The minimum absolute atomic E-state index is 0.229. The molecule has 1 aromatic carbocycles. The second kappa shape index (κ2) is 5.47. The van der Waals surface area contributed by atoms with Crippen molar-refractivity contribution in [1.82, 2.24) is 9.97 Å². The van der Waals surface area contributed by atoms with Gasteiger partial charge in [-0.25, -0.2) is 0 Å². The highest BCUT2D eigenvalue weighted by Gasteiger charge is 2.25. The fraction of sp³-hybridized carbons (Fsp3) is 0.333. The Morgan fingerprint density at radius 1 is 1.38 bits per heavy atom. The van der Waals surface area contributed by atoms with Crippen LogP contribution in [0, 0.1) is 0 Å². The molecule has 0 fully saturated rings. The number of nitrogens with zero attached hydrogens (tertiary/aromatic N) is 1. The van der Waals surface area contributed by atoms with E-state index in [0.29, 0.717) is 23.5 Å². The summed E-state index contributed by atoms with van der Waals surface area (Å²) in [4.78, 5) is 18.7. The molecule has 21 heavy (non-hydrogen) atoms. The van der Waals surface area contributed by atoms with Crippen LogP contribution < -0.4 is 15.0 Å². The number of nitrogens with one attached hydrogen (secondary N) is 1. The van der Waals surface area contributed by atoms with Crippen LogP contribution in [0.3, 0.4) is 0 Å². The molecule has 1 atom stereocenters. The highest BCUT2D eigenvalue weighted by atomic mass is 16.6. The van der Waals surface area contributed by atoms with Gasteiger partial charge in [-0.05, 0) is 18.6 Å². The number of fused-ring (bicyclic) bond motifs is 1. The molecule has 3 rings (SSSR count). The molecule has 0 aliphatic carbocycles. The van der Waals surface area contributed by atoms with Gasteiger partial charge >= 0.3 is 0 Å². The minimum Gasteiger partial charge on any atom is -0.493 e. The summed E-state index contributed by atoms with van der Waals surface area (Å²) in [5.41, 5.74) is -0.0276. The second-order valence-electron chi connectivity index (χ2n) is 4.87. The quantitative estimate of drug-likeness (QED) is 0.901. The summed E-state index contributed by atoms with van der Waals surface area (Å²) in [5.74, 6) is 1.28. The van der Waals surface area contributed by atoms with Crippen molar-refractivity contribution in [3.05, 3.63) is 46.0 Å². The van der Waals surface area contributed by atoms with E-state index in [1.165, 1.54) is 0 Å². The van der Waals surface area contributed by atoms with Crippen LogP contribution in [0.4, 0.5) is 0 Å². The van der Waals surface area contributed by atoms with Gasteiger partial charge in [-0.2, -0.15) is 4.98 Å². The third-order valence-electron chi connectivity index (χ3n) is 3.33. The Hall–Kier alpha value is -2.50. The summed E-state index contributed by atoms with van der Waals surface area (Å²) < 4.78 is 11.3. The van der Waals surface area contributed by atoms with E-state index in [4.69, 9.17) is 9.47 Å². The number of hydrogen-bond acceptors (Lipinski definition) is 5. The van der Waals surface area contributed by atoms with Gasteiger partial charge < -0.3 is 19.6 Å². The summed E-state index contributed by atoms with van der Waals surface area (Å²) >= 11 is 0. The van der Waals surface area contributed by atoms with E-state index in [-0.39, 0.29) is 23.9 Å². The first kappa shape index (κ1) is 13.5. The van der Waals surface area contributed by atoms with Gasteiger partial charge in [0.05, 0.1) is 5.56 Å². The van der Waals surface area contributed by atoms with Crippen molar-refractivity contribution in [2.75, 3.05) is 6.61 Å². The van der Waals surface area contributed by atoms with Crippen molar-refractivity contribution >= 4 is 0 Å². The lowest BCUT2D eigenvalue weighted by Gasteiger charge is -2.25. The average molecular weight is 288 g/mol. The first-order valence-corrected chi connectivity index (χ1v) is 6.89. The van der Waals surface area contributed by atoms with E-state index in [1.54, 1.807) is 6.07 Å². The van der Waals surface area contributed by atoms with E-state index in [9.17, 15) is 9.90 Å². The maximum absolute atomic E-state index is 12.0. The summed E-state index contributed by atoms with van der Waals surface area (Å²) in [5, 5.41) is 9.90. The molecule has 110 valence electrons. The Balaban J connectivity index is 1.91. The number of H-pyrrole nitrogens is 1. The molecule has 0 bridgehead atoms. The highest BCUT2D eigenvalue weighted by Crippen LogP contribution is 2.35. The number of para-hydroxylation sites is 2. The molecule has 1 aromatic heterocycles. The Bertz CT molecular complexity index is 711. The van der Waals surface area contributed by atoms with Crippen molar-refractivity contribution in [3.8, 4) is 17.4 Å². The second-order valence-corrected chi connectivity index (χ2v) is 4.87. The van der Waals surface area contributed by atoms with Crippen molar-refractivity contribution in [3.63, 3.8) is 0 Å². The number of ether oxygens (including phenoxy) is 2. The predicted molar refractivity (Wildman–Crippen MR) is 75.8 cm³/mol. The molecule has 1 aliphatic heterocycles. The van der Waals surface area contributed by atoms with Crippen molar-refractivity contribution < 1.29 is 14.6 Å². The lowest BCUT2D eigenvalue weighted by molar-refractivity contribution is 0.0843. The molecule has 0 saturated heterocycles. The van der Waals surface area contributed by atoms with Crippen molar-refractivity contribution in [2.45, 2.75) is 25.9 Å². The SMILES string of the molecule is CCCc1c(O)nc(C2COc3ccccc3O2)[nH]c1=O. The standard InChI is InChI=1S/C15H16N2O4/c1-2-5-9-14(18)16-13(17-15(9)19)12-8-20-10-6-3-4-7-11(10)21-12/h3-4,6-7,12H,2,5,8H2,1H3,(H2,16,17,18,19). The van der Waals surface area contributed by atoms with Crippen molar-refractivity contribution in [2.24, 2.45) is 0 Å². The molecule has 0 radical (unpaired) electrons. The fourth-order valence-electron chi connectivity index (χ4n) is 2.28. The van der Waals surface area contributed by atoms with Crippen LogP contribution in [0.25, 0.3) is 0 Å². The van der Waals surface area contributed by atoms with Crippen LogP contribution in [0.2, 0.25) is 0 Å². The third kappa shape index (κ3) is 2.56. The van der Waals surface area contributed by atoms with Crippen LogP contribution >= 0.6 is 0 Å². The van der Waals surface area contributed by atoms with Crippen LogP contribution in [0.15, 0.2) is 29.1 Å².